The van der Waals surface area contributed by atoms with Gasteiger partial charge in [0.1, 0.15) is 11.1 Å². The number of rotatable bonds is 5. The monoisotopic (exact) mass is 327 g/mol. The first-order chi connectivity index (χ1) is 10.4. The lowest BCUT2D eigenvalue weighted by Gasteiger charge is -2.29. The summed E-state index contributed by atoms with van der Waals surface area (Å²) < 4.78 is 28.1. The van der Waals surface area contributed by atoms with Crippen molar-refractivity contribution >= 4 is 21.6 Å². The third kappa shape index (κ3) is 4.17. The van der Waals surface area contributed by atoms with Crippen LogP contribution >= 0.6 is 0 Å². The zero-order chi connectivity index (χ0) is 16.2. The number of ether oxygens (including phenoxy) is 1. The van der Waals surface area contributed by atoms with E-state index in [0.29, 0.717) is 13.2 Å². The molecule has 0 aliphatic carbocycles. The summed E-state index contributed by atoms with van der Waals surface area (Å²) in [6, 6.07) is 3.68. The van der Waals surface area contributed by atoms with Gasteiger partial charge in [0.25, 0.3) is 0 Å². The van der Waals surface area contributed by atoms with Gasteiger partial charge < -0.3 is 15.0 Å². The van der Waals surface area contributed by atoms with Gasteiger partial charge in [-0.15, -0.1) is 0 Å². The summed E-state index contributed by atoms with van der Waals surface area (Å²) in [4.78, 5) is 18.4. The Labute approximate surface area is 130 Å². The summed E-state index contributed by atoms with van der Waals surface area (Å²) in [5.74, 6) is 0.303. The molecular weight excluding hydrogens is 306 g/mol. The van der Waals surface area contributed by atoms with Gasteiger partial charge in [-0.1, -0.05) is 6.07 Å². The van der Waals surface area contributed by atoms with Crippen molar-refractivity contribution in [2.24, 2.45) is 0 Å². The number of carbonyl (C=O) groups is 1. The Kier molecular flexibility index (Phi) is 5.36. The molecule has 2 rings (SSSR count). The Bertz CT molecular complexity index is 627. The minimum atomic E-state index is -3.39. The molecule has 122 valence electrons. The van der Waals surface area contributed by atoms with Crippen LogP contribution in [0.25, 0.3) is 0 Å². The normalized spacial score (nSPS) is 17.1. The number of anilines is 1. The highest BCUT2D eigenvalue weighted by molar-refractivity contribution is 7.92. The molecular formula is C14H21N3O4S. The van der Waals surface area contributed by atoms with Gasteiger partial charge in [-0.3, -0.25) is 4.79 Å². The molecule has 22 heavy (non-hydrogen) atoms. The molecule has 0 saturated carbocycles. The largest absolute Gasteiger partial charge is 0.378 e. The molecule has 1 aromatic rings. The van der Waals surface area contributed by atoms with Crippen molar-refractivity contribution in [3.05, 3.63) is 23.9 Å². The summed E-state index contributed by atoms with van der Waals surface area (Å²) in [7, 11) is -3.39. The molecule has 1 fully saturated rings. The van der Waals surface area contributed by atoms with Crippen LogP contribution in [0.5, 0.6) is 0 Å². The van der Waals surface area contributed by atoms with Crippen molar-refractivity contribution in [3.63, 3.8) is 0 Å². The van der Waals surface area contributed by atoms with E-state index in [9.17, 15) is 13.2 Å². The number of morpholine rings is 1. The van der Waals surface area contributed by atoms with Crippen LogP contribution in [0.15, 0.2) is 18.3 Å². The van der Waals surface area contributed by atoms with E-state index in [1.165, 1.54) is 6.92 Å². The molecule has 0 bridgehead atoms. The lowest BCUT2D eigenvalue weighted by Crippen LogP contribution is -2.39. The zero-order valence-electron chi connectivity index (χ0n) is 12.8. The highest BCUT2D eigenvalue weighted by Crippen LogP contribution is 2.18. The lowest BCUT2D eigenvalue weighted by atomic mass is 10.2. The fraction of sp³-hybridized carbons (Fsp3) is 0.571. The van der Waals surface area contributed by atoms with Crippen molar-refractivity contribution < 1.29 is 17.9 Å². The van der Waals surface area contributed by atoms with E-state index >= 15 is 0 Å². The topological polar surface area (TPSA) is 88.6 Å². The number of amides is 1. The smallest absolute Gasteiger partial charge is 0.238 e. The van der Waals surface area contributed by atoms with E-state index in [1.807, 2.05) is 6.07 Å². The molecule has 8 heteroatoms. The molecule has 7 nitrogen and oxygen atoms in total. The van der Waals surface area contributed by atoms with Gasteiger partial charge in [0, 0.05) is 37.7 Å². The van der Waals surface area contributed by atoms with Crippen molar-refractivity contribution in [3.8, 4) is 0 Å². The van der Waals surface area contributed by atoms with Crippen molar-refractivity contribution in [1.29, 1.82) is 0 Å². The number of hydrogen-bond donors (Lipinski definition) is 1. The predicted molar refractivity (Wildman–Crippen MR) is 83.4 cm³/mol. The predicted octanol–water partition coefficient (Wildman–Crippen LogP) is -0.0325. The van der Waals surface area contributed by atoms with Crippen molar-refractivity contribution in [1.82, 2.24) is 10.3 Å². The molecule has 1 aliphatic heterocycles. The standard InChI is InChI=1S/C14H21N3O4S/c1-11(22(2,19)20)14(18)16-10-12-4-3-5-15-13(12)17-6-8-21-9-7-17/h3-5,11H,6-10H2,1-2H3,(H,16,18)/t11-/m0/s1. The van der Waals surface area contributed by atoms with Crippen LogP contribution in [-0.4, -0.2) is 57.1 Å². The van der Waals surface area contributed by atoms with Crippen LogP contribution in [0.1, 0.15) is 12.5 Å². The van der Waals surface area contributed by atoms with Gasteiger partial charge in [-0.25, -0.2) is 13.4 Å². The summed E-state index contributed by atoms with van der Waals surface area (Å²) >= 11 is 0. The second kappa shape index (κ2) is 7.06. The van der Waals surface area contributed by atoms with E-state index in [4.69, 9.17) is 4.74 Å². The highest BCUT2D eigenvalue weighted by Gasteiger charge is 2.23. The number of aromatic nitrogens is 1. The van der Waals surface area contributed by atoms with Gasteiger partial charge in [0.05, 0.1) is 13.2 Å². The van der Waals surface area contributed by atoms with E-state index in [2.05, 4.69) is 15.2 Å². The van der Waals surface area contributed by atoms with Crippen LogP contribution in [0.3, 0.4) is 0 Å². The number of hydrogen-bond acceptors (Lipinski definition) is 6. The maximum atomic E-state index is 11.9. The average molecular weight is 327 g/mol. The second-order valence-electron chi connectivity index (χ2n) is 5.28. The highest BCUT2D eigenvalue weighted by atomic mass is 32.2. The van der Waals surface area contributed by atoms with Gasteiger partial charge >= 0.3 is 0 Å². The third-order valence-corrected chi connectivity index (χ3v) is 5.14. The fourth-order valence-electron chi connectivity index (χ4n) is 2.15. The first kappa shape index (κ1) is 16.7. The van der Waals surface area contributed by atoms with Crippen molar-refractivity contribution in [2.45, 2.75) is 18.7 Å². The third-order valence-electron chi connectivity index (χ3n) is 3.64. The van der Waals surface area contributed by atoms with Gasteiger partial charge in [0.2, 0.25) is 5.91 Å². The summed E-state index contributed by atoms with van der Waals surface area (Å²) in [6.45, 7) is 4.42. The lowest BCUT2D eigenvalue weighted by molar-refractivity contribution is -0.120. The van der Waals surface area contributed by atoms with E-state index in [-0.39, 0.29) is 6.54 Å². The Morgan fingerprint density at radius 1 is 1.45 bits per heavy atom. The Morgan fingerprint density at radius 3 is 2.77 bits per heavy atom. The number of pyridine rings is 1. The first-order valence-electron chi connectivity index (χ1n) is 7.13. The van der Waals surface area contributed by atoms with Gasteiger partial charge in [-0.05, 0) is 13.0 Å². The number of nitrogens with one attached hydrogen (secondary N) is 1. The summed E-state index contributed by atoms with van der Waals surface area (Å²) in [5.41, 5.74) is 0.860. The quantitative estimate of drug-likeness (QED) is 0.817. The number of nitrogens with zero attached hydrogens (tertiary/aromatic N) is 2. The van der Waals surface area contributed by atoms with E-state index in [1.54, 1.807) is 12.3 Å². The Balaban J connectivity index is 2.05. The number of sulfone groups is 1. The maximum absolute atomic E-state index is 11.9. The summed E-state index contributed by atoms with van der Waals surface area (Å²) in [6.07, 6.45) is 2.76. The van der Waals surface area contributed by atoms with Crippen LogP contribution < -0.4 is 10.2 Å². The molecule has 1 atom stereocenters. The van der Waals surface area contributed by atoms with Crippen LogP contribution in [0, 0.1) is 0 Å². The average Bonchev–Trinajstić information content (AvgIpc) is 2.52. The Morgan fingerprint density at radius 2 is 2.14 bits per heavy atom. The number of carbonyl (C=O) groups excluding carboxylic acids is 1. The van der Waals surface area contributed by atoms with Crippen LogP contribution in [0.4, 0.5) is 5.82 Å². The minimum absolute atomic E-state index is 0.249. The Hall–Kier alpha value is -1.67. The molecule has 1 aromatic heterocycles. The fourth-order valence-corrected chi connectivity index (χ4v) is 2.62. The molecule has 1 aliphatic rings. The molecule has 1 N–H and O–H groups in total. The van der Waals surface area contributed by atoms with Gasteiger partial charge in [-0.2, -0.15) is 0 Å². The molecule has 0 radical (unpaired) electrons. The van der Waals surface area contributed by atoms with E-state index < -0.39 is 21.0 Å². The second-order valence-corrected chi connectivity index (χ2v) is 7.64. The maximum Gasteiger partial charge on any atom is 0.238 e. The molecule has 1 saturated heterocycles. The van der Waals surface area contributed by atoms with Gasteiger partial charge in [0.15, 0.2) is 9.84 Å². The first-order valence-corrected chi connectivity index (χ1v) is 9.08. The molecule has 2 heterocycles. The van der Waals surface area contributed by atoms with E-state index in [0.717, 1.165) is 30.7 Å². The molecule has 0 spiro atoms. The zero-order valence-corrected chi connectivity index (χ0v) is 13.6. The molecule has 0 unspecified atom stereocenters. The SMILES string of the molecule is C[C@@H](C(=O)NCc1cccnc1N1CCOCC1)S(C)(=O)=O. The minimum Gasteiger partial charge on any atom is -0.378 e. The summed E-state index contributed by atoms with van der Waals surface area (Å²) in [5, 5.41) is 1.61. The van der Waals surface area contributed by atoms with Crippen LogP contribution in [-0.2, 0) is 25.9 Å². The van der Waals surface area contributed by atoms with Crippen molar-refractivity contribution in [2.75, 3.05) is 37.5 Å². The van der Waals surface area contributed by atoms with Crippen LogP contribution in [0.2, 0.25) is 0 Å². The molecule has 1 amide bonds. The molecule has 0 aromatic carbocycles.